The maximum absolute atomic E-state index is 11.2. The molecule has 0 unspecified atom stereocenters. The van der Waals surface area contributed by atoms with E-state index in [0.717, 1.165) is 6.42 Å². The van der Waals surface area contributed by atoms with Gasteiger partial charge in [0.1, 0.15) is 0 Å². The Morgan fingerprint density at radius 2 is 2.09 bits per heavy atom. The summed E-state index contributed by atoms with van der Waals surface area (Å²) < 4.78 is 5.57. The van der Waals surface area contributed by atoms with Crippen molar-refractivity contribution in [2.45, 2.75) is 12.5 Å². The number of pyridine rings is 1. The minimum atomic E-state index is -0.378. The van der Waals surface area contributed by atoms with E-state index in [-0.39, 0.29) is 16.7 Å². The van der Waals surface area contributed by atoms with Crippen LogP contribution < -0.4 is 4.90 Å². The zero-order valence-electron chi connectivity index (χ0n) is 12.1. The number of morpholine rings is 1. The minimum Gasteiger partial charge on any atom is -0.377 e. The Bertz CT molecular complexity index is 648. The van der Waals surface area contributed by atoms with Gasteiger partial charge in [0.25, 0.3) is 0 Å². The molecule has 3 rings (SSSR count). The molecule has 2 aromatic rings. The molecule has 1 fully saturated rings. The van der Waals surface area contributed by atoms with Crippen molar-refractivity contribution in [1.82, 2.24) is 4.98 Å². The van der Waals surface area contributed by atoms with Crippen LogP contribution in [0.1, 0.15) is 5.56 Å². The molecule has 0 aliphatic carbocycles. The first-order valence-corrected chi connectivity index (χ1v) is 7.23. The van der Waals surface area contributed by atoms with Crippen molar-refractivity contribution in [3.05, 3.63) is 64.3 Å². The van der Waals surface area contributed by atoms with Crippen molar-refractivity contribution in [2.75, 3.05) is 24.7 Å². The van der Waals surface area contributed by atoms with Crippen LogP contribution in [-0.2, 0) is 11.2 Å². The fourth-order valence-electron chi connectivity index (χ4n) is 2.74. The largest absolute Gasteiger partial charge is 0.377 e. The van der Waals surface area contributed by atoms with E-state index in [2.05, 4.69) is 17.1 Å². The number of benzene rings is 1. The van der Waals surface area contributed by atoms with Crippen molar-refractivity contribution in [2.24, 2.45) is 0 Å². The van der Waals surface area contributed by atoms with Gasteiger partial charge in [0, 0.05) is 18.8 Å². The molecule has 1 aromatic carbocycles. The van der Waals surface area contributed by atoms with Crippen LogP contribution in [0.4, 0.5) is 11.5 Å². The summed E-state index contributed by atoms with van der Waals surface area (Å²) in [6, 6.07) is 13.2. The van der Waals surface area contributed by atoms with E-state index in [1.165, 1.54) is 11.6 Å². The van der Waals surface area contributed by atoms with Gasteiger partial charge in [-0.3, -0.25) is 10.1 Å². The number of anilines is 1. The molecule has 0 saturated carbocycles. The standard InChI is InChI=1S/C16H17N3O3/c20-19(21)15-7-4-8-17-16(15)18-9-10-22-12-14(18)11-13-5-2-1-3-6-13/h1-8,14H,9-12H2/t14-/m0/s1. The van der Waals surface area contributed by atoms with E-state index in [1.807, 2.05) is 23.1 Å². The fraction of sp³-hybridized carbons (Fsp3) is 0.312. The van der Waals surface area contributed by atoms with E-state index in [0.29, 0.717) is 25.6 Å². The summed E-state index contributed by atoms with van der Waals surface area (Å²) in [7, 11) is 0. The predicted molar refractivity (Wildman–Crippen MR) is 83.0 cm³/mol. The van der Waals surface area contributed by atoms with Crippen LogP contribution in [0.5, 0.6) is 0 Å². The van der Waals surface area contributed by atoms with Gasteiger partial charge in [-0.05, 0) is 18.1 Å². The summed E-state index contributed by atoms with van der Waals surface area (Å²) in [5.74, 6) is 0.428. The lowest BCUT2D eigenvalue weighted by molar-refractivity contribution is -0.384. The van der Waals surface area contributed by atoms with Crippen LogP contribution in [-0.4, -0.2) is 35.7 Å². The Morgan fingerprint density at radius 3 is 2.86 bits per heavy atom. The summed E-state index contributed by atoms with van der Waals surface area (Å²) in [5.41, 5.74) is 1.23. The molecule has 1 aliphatic heterocycles. The molecule has 1 saturated heterocycles. The average molecular weight is 299 g/mol. The van der Waals surface area contributed by atoms with E-state index >= 15 is 0 Å². The van der Waals surface area contributed by atoms with Gasteiger partial charge < -0.3 is 9.64 Å². The van der Waals surface area contributed by atoms with Crippen LogP contribution in [0.2, 0.25) is 0 Å². The summed E-state index contributed by atoms with van der Waals surface area (Å²) >= 11 is 0. The van der Waals surface area contributed by atoms with E-state index in [4.69, 9.17) is 4.74 Å². The number of ether oxygens (including phenoxy) is 1. The van der Waals surface area contributed by atoms with E-state index in [9.17, 15) is 10.1 Å². The third-order valence-corrected chi connectivity index (χ3v) is 3.78. The SMILES string of the molecule is O=[N+]([O-])c1cccnc1N1CCOC[C@@H]1Cc1ccccc1. The lowest BCUT2D eigenvalue weighted by Crippen LogP contribution is -2.47. The summed E-state index contributed by atoms with van der Waals surface area (Å²) in [5, 5.41) is 11.2. The smallest absolute Gasteiger partial charge is 0.311 e. The number of rotatable bonds is 4. The van der Waals surface area contributed by atoms with Gasteiger partial charge in [-0.1, -0.05) is 30.3 Å². The van der Waals surface area contributed by atoms with Gasteiger partial charge in [-0.25, -0.2) is 4.98 Å². The van der Waals surface area contributed by atoms with Crippen molar-refractivity contribution in [3.63, 3.8) is 0 Å². The van der Waals surface area contributed by atoms with Gasteiger partial charge in [0.2, 0.25) is 5.82 Å². The Kier molecular flexibility index (Phi) is 4.29. The Morgan fingerprint density at radius 1 is 1.27 bits per heavy atom. The number of hydrogen-bond donors (Lipinski definition) is 0. The molecule has 0 radical (unpaired) electrons. The monoisotopic (exact) mass is 299 g/mol. The molecular weight excluding hydrogens is 282 g/mol. The van der Waals surface area contributed by atoms with Gasteiger partial charge in [-0.2, -0.15) is 0 Å². The van der Waals surface area contributed by atoms with Gasteiger partial charge >= 0.3 is 5.69 Å². The maximum atomic E-state index is 11.2. The van der Waals surface area contributed by atoms with E-state index in [1.54, 1.807) is 12.3 Å². The summed E-state index contributed by atoms with van der Waals surface area (Å²) in [4.78, 5) is 17.1. The lowest BCUT2D eigenvalue weighted by atomic mass is 10.0. The molecule has 2 heterocycles. The van der Waals surface area contributed by atoms with Crippen molar-refractivity contribution in [3.8, 4) is 0 Å². The molecule has 6 heteroatoms. The first-order valence-electron chi connectivity index (χ1n) is 7.23. The minimum absolute atomic E-state index is 0.0439. The van der Waals surface area contributed by atoms with Crippen molar-refractivity contribution < 1.29 is 9.66 Å². The van der Waals surface area contributed by atoms with Crippen molar-refractivity contribution >= 4 is 11.5 Å². The molecule has 114 valence electrons. The normalized spacial score (nSPS) is 18.2. The number of nitro groups is 1. The fourth-order valence-corrected chi connectivity index (χ4v) is 2.74. The highest BCUT2D eigenvalue weighted by Gasteiger charge is 2.29. The summed E-state index contributed by atoms with van der Waals surface area (Å²) in [6.07, 6.45) is 2.37. The lowest BCUT2D eigenvalue weighted by Gasteiger charge is -2.36. The second-order valence-electron chi connectivity index (χ2n) is 5.22. The topological polar surface area (TPSA) is 68.5 Å². The molecule has 6 nitrogen and oxygen atoms in total. The van der Waals surface area contributed by atoms with Crippen LogP contribution in [0.25, 0.3) is 0 Å². The predicted octanol–water partition coefficient (Wildman–Crippen LogP) is 2.44. The molecule has 1 aromatic heterocycles. The molecule has 1 aliphatic rings. The van der Waals surface area contributed by atoms with Crippen LogP contribution >= 0.6 is 0 Å². The molecule has 22 heavy (non-hydrogen) atoms. The van der Waals surface area contributed by atoms with Crippen molar-refractivity contribution in [1.29, 1.82) is 0 Å². The van der Waals surface area contributed by atoms with Crippen LogP contribution in [0, 0.1) is 10.1 Å². The first-order chi connectivity index (χ1) is 10.8. The number of nitrogens with zero attached hydrogens (tertiary/aromatic N) is 3. The Balaban J connectivity index is 1.88. The molecule has 0 bridgehead atoms. The van der Waals surface area contributed by atoms with Gasteiger partial charge in [-0.15, -0.1) is 0 Å². The third kappa shape index (κ3) is 3.07. The second-order valence-corrected chi connectivity index (χ2v) is 5.22. The quantitative estimate of drug-likeness (QED) is 0.640. The molecule has 0 spiro atoms. The van der Waals surface area contributed by atoms with Crippen LogP contribution in [0.3, 0.4) is 0 Å². The zero-order valence-corrected chi connectivity index (χ0v) is 12.1. The summed E-state index contributed by atoms with van der Waals surface area (Å²) in [6.45, 7) is 1.71. The van der Waals surface area contributed by atoms with Crippen LogP contribution in [0.15, 0.2) is 48.7 Å². The Hall–Kier alpha value is -2.47. The highest BCUT2D eigenvalue weighted by Crippen LogP contribution is 2.28. The van der Waals surface area contributed by atoms with E-state index < -0.39 is 0 Å². The highest BCUT2D eigenvalue weighted by atomic mass is 16.6. The molecule has 1 atom stereocenters. The number of aromatic nitrogens is 1. The second kappa shape index (κ2) is 6.53. The number of hydrogen-bond acceptors (Lipinski definition) is 5. The van der Waals surface area contributed by atoms with Gasteiger partial charge in [0.15, 0.2) is 0 Å². The molecule has 0 N–H and O–H groups in total. The molecular formula is C16H17N3O3. The zero-order chi connectivity index (χ0) is 15.4. The molecule has 0 amide bonds. The first kappa shape index (κ1) is 14.5. The van der Waals surface area contributed by atoms with Gasteiger partial charge in [0.05, 0.1) is 24.2 Å². The highest BCUT2D eigenvalue weighted by molar-refractivity contribution is 5.58. The average Bonchev–Trinajstić information content (AvgIpc) is 2.56. The Labute approximate surface area is 128 Å². The third-order valence-electron chi connectivity index (χ3n) is 3.78. The maximum Gasteiger partial charge on any atom is 0.311 e.